The second kappa shape index (κ2) is 6.23. The standard InChI is InChI=1S/C21H22N4O2/c1-12-6-8-16(9-7-12)20-22-17(15(4)27-20)11-25-18(26)10-13(2)19-14(3)23-24(5)21(19)25/h6-10H,11H2,1-5H3. The normalized spacial score (nSPS) is 11.4. The van der Waals surface area contributed by atoms with E-state index in [4.69, 9.17) is 4.42 Å². The lowest BCUT2D eigenvalue weighted by Gasteiger charge is -2.09. The Bertz CT molecular complexity index is 1210. The molecule has 138 valence electrons. The van der Waals surface area contributed by atoms with Gasteiger partial charge in [0.15, 0.2) is 0 Å². The summed E-state index contributed by atoms with van der Waals surface area (Å²) in [6.45, 7) is 8.17. The molecule has 4 aromatic rings. The van der Waals surface area contributed by atoms with Crippen LogP contribution in [0, 0.1) is 27.7 Å². The minimum Gasteiger partial charge on any atom is -0.441 e. The summed E-state index contributed by atoms with van der Waals surface area (Å²) in [4.78, 5) is 17.4. The molecule has 3 heterocycles. The fourth-order valence-corrected chi connectivity index (χ4v) is 3.55. The van der Waals surface area contributed by atoms with Gasteiger partial charge in [0.25, 0.3) is 5.56 Å². The molecule has 4 rings (SSSR count). The molecule has 0 bridgehead atoms. The van der Waals surface area contributed by atoms with Crippen LogP contribution in [-0.2, 0) is 13.6 Å². The number of aromatic nitrogens is 4. The number of aryl methyl sites for hydroxylation is 5. The van der Waals surface area contributed by atoms with Gasteiger partial charge in [0, 0.05) is 24.1 Å². The lowest BCUT2D eigenvalue weighted by Crippen LogP contribution is -2.22. The highest BCUT2D eigenvalue weighted by atomic mass is 16.4. The molecule has 0 aliphatic heterocycles. The molecule has 0 aliphatic carbocycles. The molecule has 0 aliphatic rings. The molecule has 6 nitrogen and oxygen atoms in total. The molecule has 1 aromatic carbocycles. The monoisotopic (exact) mass is 362 g/mol. The zero-order chi connectivity index (χ0) is 19.3. The molecule has 6 heteroatoms. The summed E-state index contributed by atoms with van der Waals surface area (Å²) in [6, 6.07) is 9.70. The molecule has 0 saturated heterocycles. The van der Waals surface area contributed by atoms with Crippen LogP contribution in [0.2, 0.25) is 0 Å². The Morgan fingerprint density at radius 3 is 2.48 bits per heavy atom. The smallest absolute Gasteiger partial charge is 0.252 e. The lowest BCUT2D eigenvalue weighted by molar-refractivity contribution is 0.537. The van der Waals surface area contributed by atoms with Crippen LogP contribution in [0.3, 0.4) is 0 Å². The van der Waals surface area contributed by atoms with Crippen molar-refractivity contribution in [3.8, 4) is 11.5 Å². The van der Waals surface area contributed by atoms with Crippen molar-refractivity contribution in [2.45, 2.75) is 34.2 Å². The minimum atomic E-state index is -0.0673. The van der Waals surface area contributed by atoms with Crippen LogP contribution in [0.5, 0.6) is 0 Å². The van der Waals surface area contributed by atoms with Gasteiger partial charge in [0.1, 0.15) is 17.1 Å². The van der Waals surface area contributed by atoms with E-state index >= 15 is 0 Å². The number of rotatable bonds is 3. The second-order valence-electron chi connectivity index (χ2n) is 7.05. The third kappa shape index (κ3) is 2.87. The van der Waals surface area contributed by atoms with E-state index in [0.717, 1.165) is 33.5 Å². The van der Waals surface area contributed by atoms with Gasteiger partial charge >= 0.3 is 0 Å². The average molecular weight is 362 g/mol. The third-order valence-electron chi connectivity index (χ3n) is 4.95. The summed E-state index contributed by atoms with van der Waals surface area (Å²) in [7, 11) is 1.86. The minimum absolute atomic E-state index is 0.0673. The third-order valence-corrected chi connectivity index (χ3v) is 4.95. The quantitative estimate of drug-likeness (QED) is 0.558. The highest BCUT2D eigenvalue weighted by Crippen LogP contribution is 2.24. The number of hydrogen-bond acceptors (Lipinski definition) is 4. The van der Waals surface area contributed by atoms with Gasteiger partial charge in [-0.05, 0) is 45.4 Å². The second-order valence-corrected chi connectivity index (χ2v) is 7.05. The first-order valence-electron chi connectivity index (χ1n) is 8.92. The maximum Gasteiger partial charge on any atom is 0.252 e. The van der Waals surface area contributed by atoms with Crippen LogP contribution < -0.4 is 5.56 Å². The largest absolute Gasteiger partial charge is 0.441 e. The van der Waals surface area contributed by atoms with Crippen molar-refractivity contribution in [1.82, 2.24) is 19.3 Å². The summed E-state index contributed by atoms with van der Waals surface area (Å²) < 4.78 is 9.35. The SMILES string of the molecule is Cc1ccc(-c2nc(Cn3c(=O)cc(C)c4c(C)nn(C)c43)c(C)o2)cc1. The van der Waals surface area contributed by atoms with Crippen molar-refractivity contribution < 1.29 is 4.42 Å². The van der Waals surface area contributed by atoms with Crippen molar-refractivity contribution in [1.29, 1.82) is 0 Å². The Kier molecular flexibility index (Phi) is 3.98. The number of nitrogens with zero attached hydrogens (tertiary/aromatic N) is 4. The van der Waals surface area contributed by atoms with Gasteiger partial charge in [-0.3, -0.25) is 14.0 Å². The summed E-state index contributed by atoms with van der Waals surface area (Å²) in [5.41, 5.74) is 5.44. The number of pyridine rings is 1. The van der Waals surface area contributed by atoms with Crippen LogP contribution in [0.15, 0.2) is 39.5 Å². The molecule has 3 aromatic heterocycles. The molecule has 27 heavy (non-hydrogen) atoms. The van der Waals surface area contributed by atoms with Crippen LogP contribution in [0.25, 0.3) is 22.5 Å². The Balaban J connectivity index is 1.82. The Morgan fingerprint density at radius 1 is 1.07 bits per heavy atom. The molecular weight excluding hydrogens is 340 g/mol. The van der Waals surface area contributed by atoms with Gasteiger partial charge in [0.2, 0.25) is 5.89 Å². The summed E-state index contributed by atoms with van der Waals surface area (Å²) in [5, 5.41) is 5.50. The van der Waals surface area contributed by atoms with Gasteiger partial charge in [0.05, 0.1) is 12.2 Å². The molecule has 0 amide bonds. The van der Waals surface area contributed by atoms with Gasteiger partial charge in [-0.15, -0.1) is 0 Å². The Morgan fingerprint density at radius 2 is 1.78 bits per heavy atom. The zero-order valence-electron chi connectivity index (χ0n) is 16.2. The topological polar surface area (TPSA) is 65.8 Å². The maximum atomic E-state index is 12.7. The van der Waals surface area contributed by atoms with Crippen molar-refractivity contribution in [2.24, 2.45) is 7.05 Å². The Hall–Kier alpha value is -3.15. The number of benzene rings is 1. The molecule has 0 N–H and O–H groups in total. The molecule has 0 radical (unpaired) electrons. The van der Waals surface area contributed by atoms with E-state index in [1.54, 1.807) is 15.3 Å². The number of hydrogen-bond donors (Lipinski definition) is 0. The molecule has 0 spiro atoms. The van der Waals surface area contributed by atoms with Crippen LogP contribution in [0.4, 0.5) is 0 Å². The van der Waals surface area contributed by atoms with E-state index in [2.05, 4.69) is 10.1 Å². The fourth-order valence-electron chi connectivity index (χ4n) is 3.55. The predicted octanol–water partition coefficient (Wildman–Crippen LogP) is 3.67. The highest BCUT2D eigenvalue weighted by molar-refractivity contribution is 5.82. The first-order valence-corrected chi connectivity index (χ1v) is 8.92. The summed E-state index contributed by atoms with van der Waals surface area (Å²) in [6.07, 6.45) is 0. The van der Waals surface area contributed by atoms with Gasteiger partial charge in [-0.25, -0.2) is 4.98 Å². The maximum absolute atomic E-state index is 12.7. The van der Waals surface area contributed by atoms with Crippen molar-refractivity contribution in [3.63, 3.8) is 0 Å². The van der Waals surface area contributed by atoms with E-state index in [1.807, 2.05) is 59.0 Å². The van der Waals surface area contributed by atoms with E-state index in [0.29, 0.717) is 18.2 Å². The summed E-state index contributed by atoms with van der Waals surface area (Å²) in [5.74, 6) is 1.28. The molecular formula is C21H22N4O2. The van der Waals surface area contributed by atoms with Crippen molar-refractivity contribution >= 4 is 11.0 Å². The first-order chi connectivity index (χ1) is 12.8. The molecule has 0 unspecified atom stereocenters. The lowest BCUT2D eigenvalue weighted by atomic mass is 10.1. The zero-order valence-corrected chi connectivity index (χ0v) is 16.2. The molecule has 0 fully saturated rings. The van der Waals surface area contributed by atoms with Crippen molar-refractivity contribution in [2.75, 3.05) is 0 Å². The van der Waals surface area contributed by atoms with Gasteiger partial charge < -0.3 is 4.42 Å². The van der Waals surface area contributed by atoms with Crippen LogP contribution >= 0.6 is 0 Å². The van der Waals surface area contributed by atoms with Crippen molar-refractivity contribution in [3.05, 3.63) is 69.0 Å². The van der Waals surface area contributed by atoms with E-state index in [-0.39, 0.29) is 5.56 Å². The van der Waals surface area contributed by atoms with E-state index in [9.17, 15) is 4.79 Å². The first kappa shape index (κ1) is 17.3. The average Bonchev–Trinajstić information content (AvgIpc) is 3.12. The molecule has 0 saturated carbocycles. The molecule has 0 atom stereocenters. The van der Waals surface area contributed by atoms with Crippen LogP contribution in [-0.4, -0.2) is 19.3 Å². The van der Waals surface area contributed by atoms with Gasteiger partial charge in [-0.2, -0.15) is 5.10 Å². The fraction of sp³-hybridized carbons (Fsp3) is 0.286. The van der Waals surface area contributed by atoms with E-state index in [1.165, 1.54) is 5.56 Å². The predicted molar refractivity (Wildman–Crippen MR) is 105 cm³/mol. The van der Waals surface area contributed by atoms with E-state index < -0.39 is 0 Å². The highest BCUT2D eigenvalue weighted by Gasteiger charge is 2.18. The number of oxazole rings is 1. The van der Waals surface area contributed by atoms with Crippen LogP contribution in [0.1, 0.15) is 28.3 Å². The summed E-state index contributed by atoms with van der Waals surface area (Å²) >= 11 is 0. The van der Waals surface area contributed by atoms with Gasteiger partial charge in [-0.1, -0.05) is 17.7 Å². The Labute approximate surface area is 157 Å². The number of fused-ring (bicyclic) bond motifs is 1.